The number of unbranched alkanes of at least 4 members (excludes halogenated alkanes) is 9. The van der Waals surface area contributed by atoms with Gasteiger partial charge in [-0.1, -0.05) is 127 Å². The molecule has 200 valence electrons. The summed E-state index contributed by atoms with van der Waals surface area (Å²) in [6.07, 6.45) is 20.1. The second kappa shape index (κ2) is 16.8. The van der Waals surface area contributed by atoms with Crippen molar-refractivity contribution in [2.45, 2.75) is 122 Å². The molecule has 3 rings (SSSR count). The van der Waals surface area contributed by atoms with Gasteiger partial charge in [0, 0.05) is 18.6 Å². The lowest BCUT2D eigenvalue weighted by molar-refractivity contribution is 0.0307. The average molecular weight is 493 g/mol. The van der Waals surface area contributed by atoms with Gasteiger partial charge in [-0.05, 0) is 48.8 Å². The minimum absolute atomic E-state index is 0.313. The van der Waals surface area contributed by atoms with Gasteiger partial charge in [0.1, 0.15) is 5.75 Å². The maximum Gasteiger partial charge on any atom is 0.127 e. The zero-order valence-corrected chi connectivity index (χ0v) is 23.5. The Morgan fingerprint density at radius 3 is 2.11 bits per heavy atom. The van der Waals surface area contributed by atoms with Crippen molar-refractivity contribution in [3.63, 3.8) is 0 Å². The molecule has 2 aromatic carbocycles. The Labute approximate surface area is 222 Å². The molecule has 1 aliphatic carbocycles. The molecule has 0 aromatic heterocycles. The Morgan fingerprint density at radius 2 is 1.44 bits per heavy atom. The maximum atomic E-state index is 6.48. The molecule has 1 fully saturated rings. The van der Waals surface area contributed by atoms with Crippen LogP contribution in [-0.2, 0) is 4.74 Å². The molecule has 2 heteroatoms. The van der Waals surface area contributed by atoms with Gasteiger partial charge in [-0.15, -0.1) is 0 Å². The van der Waals surface area contributed by atoms with Crippen LogP contribution in [0.4, 0.5) is 0 Å². The molecule has 36 heavy (non-hydrogen) atoms. The summed E-state index contributed by atoms with van der Waals surface area (Å²) in [4.78, 5) is 0. The Bertz CT molecular complexity index is 830. The topological polar surface area (TPSA) is 18.5 Å². The SMILES string of the molecule is CCCCCCCCCCCCOc1cc(C2CCC(CCC)CC2OC)ccc1-c1ccccc1. The molecule has 0 heterocycles. The van der Waals surface area contributed by atoms with E-state index in [2.05, 4.69) is 62.4 Å². The smallest absolute Gasteiger partial charge is 0.127 e. The van der Waals surface area contributed by atoms with E-state index < -0.39 is 0 Å². The monoisotopic (exact) mass is 492 g/mol. The van der Waals surface area contributed by atoms with Crippen LogP contribution < -0.4 is 4.74 Å². The summed E-state index contributed by atoms with van der Waals surface area (Å²) in [5.41, 5.74) is 3.83. The maximum absolute atomic E-state index is 6.48. The molecule has 1 saturated carbocycles. The third-order valence-electron chi connectivity index (χ3n) is 8.17. The van der Waals surface area contributed by atoms with E-state index in [1.54, 1.807) is 0 Å². The Kier molecular flexibility index (Phi) is 13.5. The average Bonchev–Trinajstić information content (AvgIpc) is 2.92. The number of hydrogen-bond donors (Lipinski definition) is 0. The molecule has 1 aliphatic rings. The van der Waals surface area contributed by atoms with Crippen molar-refractivity contribution in [2.24, 2.45) is 5.92 Å². The first-order valence-electron chi connectivity index (χ1n) is 15.1. The number of methoxy groups -OCH3 is 1. The van der Waals surface area contributed by atoms with Crippen molar-refractivity contribution < 1.29 is 9.47 Å². The molecule has 3 atom stereocenters. The van der Waals surface area contributed by atoms with Crippen LogP contribution in [0.15, 0.2) is 48.5 Å². The Balaban J connectivity index is 1.57. The minimum atomic E-state index is 0.313. The van der Waals surface area contributed by atoms with E-state index in [4.69, 9.17) is 9.47 Å². The van der Waals surface area contributed by atoms with Crippen molar-refractivity contribution in [1.82, 2.24) is 0 Å². The molecule has 0 spiro atoms. The molecule has 0 amide bonds. The van der Waals surface area contributed by atoms with Crippen LogP contribution in [0.5, 0.6) is 5.75 Å². The van der Waals surface area contributed by atoms with Crippen LogP contribution in [0.2, 0.25) is 0 Å². The largest absolute Gasteiger partial charge is 0.493 e. The van der Waals surface area contributed by atoms with E-state index >= 15 is 0 Å². The van der Waals surface area contributed by atoms with Crippen molar-refractivity contribution in [3.05, 3.63) is 54.1 Å². The van der Waals surface area contributed by atoms with Crippen molar-refractivity contribution in [3.8, 4) is 16.9 Å². The molecule has 2 nitrogen and oxygen atoms in total. The lowest BCUT2D eigenvalue weighted by atomic mass is 9.75. The second-order valence-electron chi connectivity index (χ2n) is 11.0. The van der Waals surface area contributed by atoms with Crippen LogP contribution >= 0.6 is 0 Å². The van der Waals surface area contributed by atoms with E-state index in [0.717, 1.165) is 24.7 Å². The van der Waals surface area contributed by atoms with Crippen LogP contribution in [0.3, 0.4) is 0 Å². The highest BCUT2D eigenvalue weighted by atomic mass is 16.5. The summed E-state index contributed by atoms with van der Waals surface area (Å²) in [5.74, 6) is 2.32. The summed E-state index contributed by atoms with van der Waals surface area (Å²) in [5, 5.41) is 0. The van der Waals surface area contributed by atoms with Crippen LogP contribution in [0, 0.1) is 5.92 Å². The summed E-state index contributed by atoms with van der Waals surface area (Å²) >= 11 is 0. The summed E-state index contributed by atoms with van der Waals surface area (Å²) < 4.78 is 12.5. The molecule has 0 saturated heterocycles. The number of benzene rings is 2. The number of hydrogen-bond acceptors (Lipinski definition) is 2. The predicted molar refractivity (Wildman–Crippen MR) is 155 cm³/mol. The predicted octanol–water partition coefficient (Wildman–Crippen LogP) is 10.4. The lowest BCUT2D eigenvalue weighted by Crippen LogP contribution is -2.29. The highest BCUT2D eigenvalue weighted by Gasteiger charge is 2.31. The quantitative estimate of drug-likeness (QED) is 0.204. The van der Waals surface area contributed by atoms with Gasteiger partial charge in [0.15, 0.2) is 0 Å². The fraction of sp³-hybridized carbons (Fsp3) is 0.647. The second-order valence-corrected chi connectivity index (χ2v) is 11.0. The Hall–Kier alpha value is -1.80. The normalized spacial score (nSPS) is 19.9. The van der Waals surface area contributed by atoms with Crippen molar-refractivity contribution >= 4 is 0 Å². The molecule has 2 aromatic rings. The molecular weight excluding hydrogens is 440 g/mol. The van der Waals surface area contributed by atoms with Gasteiger partial charge in [0.05, 0.1) is 12.7 Å². The fourth-order valence-electron chi connectivity index (χ4n) is 6.04. The van der Waals surface area contributed by atoms with Gasteiger partial charge < -0.3 is 9.47 Å². The zero-order chi connectivity index (χ0) is 25.4. The summed E-state index contributed by atoms with van der Waals surface area (Å²) in [6, 6.07) is 17.6. The van der Waals surface area contributed by atoms with Crippen LogP contribution in [-0.4, -0.2) is 19.8 Å². The first-order chi connectivity index (χ1) is 17.8. The summed E-state index contributed by atoms with van der Waals surface area (Å²) in [6.45, 7) is 5.39. The lowest BCUT2D eigenvalue weighted by Gasteiger charge is -2.36. The van der Waals surface area contributed by atoms with Crippen molar-refractivity contribution in [2.75, 3.05) is 13.7 Å². The molecule has 3 unspecified atom stereocenters. The highest BCUT2D eigenvalue weighted by molar-refractivity contribution is 5.71. The van der Waals surface area contributed by atoms with Crippen LogP contribution in [0.25, 0.3) is 11.1 Å². The molecular formula is C34H52O2. The molecule has 0 aliphatic heterocycles. The molecule has 0 radical (unpaired) electrons. The fourth-order valence-corrected chi connectivity index (χ4v) is 6.04. The van der Waals surface area contributed by atoms with E-state index in [-0.39, 0.29) is 0 Å². The van der Waals surface area contributed by atoms with Gasteiger partial charge >= 0.3 is 0 Å². The first-order valence-corrected chi connectivity index (χ1v) is 15.1. The van der Waals surface area contributed by atoms with Gasteiger partial charge in [0.25, 0.3) is 0 Å². The zero-order valence-electron chi connectivity index (χ0n) is 23.5. The summed E-state index contributed by atoms with van der Waals surface area (Å²) in [7, 11) is 1.90. The number of rotatable bonds is 17. The molecule has 0 N–H and O–H groups in total. The third kappa shape index (κ3) is 9.25. The first kappa shape index (κ1) is 28.8. The Morgan fingerprint density at radius 1 is 0.750 bits per heavy atom. The van der Waals surface area contributed by atoms with Gasteiger partial charge in [-0.3, -0.25) is 0 Å². The van der Waals surface area contributed by atoms with Crippen molar-refractivity contribution in [1.29, 1.82) is 0 Å². The van der Waals surface area contributed by atoms with E-state index in [9.17, 15) is 0 Å². The number of ether oxygens (including phenoxy) is 2. The van der Waals surface area contributed by atoms with Gasteiger partial charge in [0.2, 0.25) is 0 Å². The minimum Gasteiger partial charge on any atom is -0.493 e. The molecule has 0 bridgehead atoms. The van der Waals surface area contributed by atoms with Crippen LogP contribution in [0.1, 0.15) is 122 Å². The van der Waals surface area contributed by atoms with E-state index in [1.165, 1.54) is 107 Å². The standard InChI is InChI=1S/C34H52O2/c1-4-6-7-8-9-10-11-12-13-17-25-36-34-27-30(22-24-31(34)29-19-15-14-16-20-29)32-23-21-28(18-5-2)26-33(32)35-3/h14-16,19-20,22,24,27-28,32-33H,4-13,17-18,21,23,25-26H2,1-3H3. The van der Waals surface area contributed by atoms with Gasteiger partial charge in [-0.25, -0.2) is 0 Å². The van der Waals surface area contributed by atoms with E-state index in [0.29, 0.717) is 12.0 Å². The highest BCUT2D eigenvalue weighted by Crippen LogP contribution is 2.42. The third-order valence-corrected chi connectivity index (χ3v) is 8.17. The van der Waals surface area contributed by atoms with E-state index in [1.807, 2.05) is 7.11 Å². The van der Waals surface area contributed by atoms with Gasteiger partial charge in [-0.2, -0.15) is 0 Å².